The number of carbonyl (C=O) groups excluding carboxylic acids is 1. The largest absolute Gasteiger partial charge is 0.483 e. The third-order valence-electron chi connectivity index (χ3n) is 3.58. The zero-order valence-corrected chi connectivity index (χ0v) is 12.3. The second-order valence-corrected chi connectivity index (χ2v) is 5.66. The van der Waals surface area contributed by atoms with Crippen molar-refractivity contribution >= 4 is 17.5 Å². The summed E-state index contributed by atoms with van der Waals surface area (Å²) >= 11 is 6.03. The van der Waals surface area contributed by atoms with Crippen molar-refractivity contribution in [1.82, 2.24) is 5.32 Å². The van der Waals surface area contributed by atoms with E-state index in [-0.39, 0.29) is 6.61 Å². The highest BCUT2D eigenvalue weighted by molar-refractivity contribution is 6.30. The van der Waals surface area contributed by atoms with Gasteiger partial charge in [-0.2, -0.15) is 0 Å². The molecule has 1 aromatic rings. The lowest BCUT2D eigenvalue weighted by Gasteiger charge is -2.23. The first-order chi connectivity index (χ1) is 9.65. The Balaban J connectivity index is 1.96. The normalized spacial score (nSPS) is 16.1. The molecule has 1 aliphatic rings. The maximum Gasteiger partial charge on any atom is 0.255 e. The van der Waals surface area contributed by atoms with Gasteiger partial charge in [0, 0.05) is 23.2 Å². The Bertz CT molecular complexity index is 459. The molecule has 0 atom stereocenters. The fraction of sp³-hybridized carbons (Fsp3) is 0.533. The lowest BCUT2D eigenvalue weighted by Crippen LogP contribution is -2.30. The van der Waals surface area contributed by atoms with Gasteiger partial charge in [-0.1, -0.05) is 30.9 Å². The lowest BCUT2D eigenvalue weighted by molar-refractivity contribution is -0.119. The standard InChI is InChI=1S/C15H21ClN2O2/c16-12-6-7-14(20-10-15(17)19)11(8-12)9-18-13-4-2-1-3-5-13/h6-8,13,18H,1-5,9-10H2,(H2,17,19). The second-order valence-electron chi connectivity index (χ2n) is 5.22. The molecule has 0 heterocycles. The van der Waals surface area contributed by atoms with Crippen molar-refractivity contribution in [3.8, 4) is 5.75 Å². The van der Waals surface area contributed by atoms with Gasteiger partial charge in [-0.05, 0) is 31.0 Å². The number of ether oxygens (including phenoxy) is 1. The van der Waals surface area contributed by atoms with Crippen molar-refractivity contribution in [2.45, 2.75) is 44.7 Å². The highest BCUT2D eigenvalue weighted by atomic mass is 35.5. The summed E-state index contributed by atoms with van der Waals surface area (Å²) in [6.45, 7) is 0.581. The van der Waals surface area contributed by atoms with Crippen molar-refractivity contribution in [3.05, 3.63) is 28.8 Å². The van der Waals surface area contributed by atoms with Crippen LogP contribution in [0.4, 0.5) is 0 Å². The number of amides is 1. The minimum atomic E-state index is -0.480. The molecule has 3 N–H and O–H groups in total. The maximum atomic E-state index is 10.8. The molecule has 1 amide bonds. The van der Waals surface area contributed by atoms with E-state index in [1.54, 1.807) is 12.1 Å². The summed E-state index contributed by atoms with van der Waals surface area (Å²) in [5.74, 6) is 0.183. The molecule has 0 radical (unpaired) electrons. The Hall–Kier alpha value is -1.26. The van der Waals surface area contributed by atoms with Crippen LogP contribution in [0.25, 0.3) is 0 Å². The van der Waals surface area contributed by atoms with Gasteiger partial charge in [0.1, 0.15) is 5.75 Å². The van der Waals surface area contributed by atoms with Crippen LogP contribution in [0.15, 0.2) is 18.2 Å². The molecular formula is C15H21ClN2O2. The van der Waals surface area contributed by atoms with E-state index in [4.69, 9.17) is 22.1 Å². The van der Waals surface area contributed by atoms with E-state index in [2.05, 4.69) is 5.32 Å². The molecule has 0 aliphatic heterocycles. The Morgan fingerprint density at radius 2 is 2.10 bits per heavy atom. The number of primary amides is 1. The van der Waals surface area contributed by atoms with E-state index in [1.807, 2.05) is 6.07 Å². The smallest absolute Gasteiger partial charge is 0.255 e. The number of rotatable bonds is 6. The molecule has 0 bridgehead atoms. The van der Waals surface area contributed by atoms with Crippen LogP contribution in [0, 0.1) is 0 Å². The van der Waals surface area contributed by atoms with Gasteiger partial charge in [-0.15, -0.1) is 0 Å². The number of benzene rings is 1. The van der Waals surface area contributed by atoms with Crippen LogP contribution in [-0.4, -0.2) is 18.6 Å². The van der Waals surface area contributed by atoms with Crippen LogP contribution >= 0.6 is 11.6 Å². The van der Waals surface area contributed by atoms with Crippen LogP contribution in [0.2, 0.25) is 5.02 Å². The van der Waals surface area contributed by atoms with Crippen LogP contribution in [-0.2, 0) is 11.3 Å². The van der Waals surface area contributed by atoms with Gasteiger partial charge in [0.15, 0.2) is 6.61 Å². The highest BCUT2D eigenvalue weighted by Gasteiger charge is 2.14. The molecule has 0 spiro atoms. The Kier molecular flexibility index (Phi) is 5.68. The molecular weight excluding hydrogens is 276 g/mol. The monoisotopic (exact) mass is 296 g/mol. The molecule has 0 aromatic heterocycles. The predicted molar refractivity (Wildman–Crippen MR) is 79.9 cm³/mol. The van der Waals surface area contributed by atoms with Gasteiger partial charge < -0.3 is 15.8 Å². The van der Waals surface area contributed by atoms with E-state index >= 15 is 0 Å². The molecule has 4 nitrogen and oxygen atoms in total. The quantitative estimate of drug-likeness (QED) is 0.848. The number of halogens is 1. The van der Waals surface area contributed by atoms with Gasteiger partial charge >= 0.3 is 0 Å². The van der Waals surface area contributed by atoms with Crippen LogP contribution in [0.5, 0.6) is 5.75 Å². The molecule has 1 aromatic carbocycles. The number of nitrogens with one attached hydrogen (secondary N) is 1. The molecule has 110 valence electrons. The minimum Gasteiger partial charge on any atom is -0.483 e. The third-order valence-corrected chi connectivity index (χ3v) is 3.81. The van der Waals surface area contributed by atoms with Gasteiger partial charge in [0.05, 0.1) is 0 Å². The number of carbonyl (C=O) groups is 1. The van der Waals surface area contributed by atoms with Crippen molar-refractivity contribution in [2.24, 2.45) is 5.73 Å². The first-order valence-electron chi connectivity index (χ1n) is 7.08. The Morgan fingerprint density at radius 1 is 1.35 bits per heavy atom. The summed E-state index contributed by atoms with van der Waals surface area (Å²) < 4.78 is 5.42. The summed E-state index contributed by atoms with van der Waals surface area (Å²) in [7, 11) is 0. The van der Waals surface area contributed by atoms with Crippen LogP contribution in [0.1, 0.15) is 37.7 Å². The van der Waals surface area contributed by atoms with E-state index in [1.165, 1.54) is 32.1 Å². The lowest BCUT2D eigenvalue weighted by atomic mass is 9.95. The SMILES string of the molecule is NC(=O)COc1ccc(Cl)cc1CNC1CCCCC1. The molecule has 20 heavy (non-hydrogen) atoms. The first-order valence-corrected chi connectivity index (χ1v) is 7.46. The number of hydrogen-bond acceptors (Lipinski definition) is 3. The van der Waals surface area contributed by atoms with Crippen molar-refractivity contribution < 1.29 is 9.53 Å². The van der Waals surface area contributed by atoms with Gasteiger partial charge in [0.25, 0.3) is 5.91 Å². The van der Waals surface area contributed by atoms with E-state index in [0.717, 1.165) is 5.56 Å². The second kappa shape index (κ2) is 7.50. The maximum absolute atomic E-state index is 10.8. The summed E-state index contributed by atoms with van der Waals surface area (Å²) in [5.41, 5.74) is 6.07. The highest BCUT2D eigenvalue weighted by Crippen LogP contribution is 2.24. The minimum absolute atomic E-state index is 0.113. The molecule has 1 saturated carbocycles. The zero-order chi connectivity index (χ0) is 14.4. The zero-order valence-electron chi connectivity index (χ0n) is 11.5. The van der Waals surface area contributed by atoms with Gasteiger partial charge in [-0.25, -0.2) is 0 Å². The summed E-state index contributed by atoms with van der Waals surface area (Å²) in [4.78, 5) is 10.8. The van der Waals surface area contributed by atoms with Crippen molar-refractivity contribution in [3.63, 3.8) is 0 Å². The average molecular weight is 297 g/mol. The number of nitrogens with two attached hydrogens (primary N) is 1. The molecule has 1 fully saturated rings. The fourth-order valence-corrected chi connectivity index (χ4v) is 2.73. The molecule has 1 aliphatic carbocycles. The van der Waals surface area contributed by atoms with Crippen molar-refractivity contribution in [1.29, 1.82) is 0 Å². The van der Waals surface area contributed by atoms with Crippen LogP contribution in [0.3, 0.4) is 0 Å². The molecule has 0 unspecified atom stereocenters. The fourth-order valence-electron chi connectivity index (χ4n) is 2.54. The van der Waals surface area contributed by atoms with E-state index < -0.39 is 5.91 Å². The molecule has 0 saturated heterocycles. The topological polar surface area (TPSA) is 64.4 Å². The van der Waals surface area contributed by atoms with E-state index in [9.17, 15) is 4.79 Å². The first kappa shape index (κ1) is 15.1. The summed E-state index contributed by atoms with van der Waals surface area (Å²) in [6, 6.07) is 5.96. The Labute approximate surface area is 124 Å². The average Bonchev–Trinajstić information content (AvgIpc) is 2.45. The predicted octanol–water partition coefficient (Wildman–Crippen LogP) is 2.63. The summed E-state index contributed by atoms with van der Waals surface area (Å²) in [5, 5.41) is 4.20. The molecule has 2 rings (SSSR count). The van der Waals surface area contributed by atoms with Crippen molar-refractivity contribution in [2.75, 3.05) is 6.61 Å². The van der Waals surface area contributed by atoms with Gasteiger partial charge in [-0.3, -0.25) is 4.79 Å². The summed E-state index contributed by atoms with van der Waals surface area (Å²) in [6.07, 6.45) is 6.36. The molecule has 5 heteroatoms. The number of hydrogen-bond donors (Lipinski definition) is 2. The van der Waals surface area contributed by atoms with E-state index in [0.29, 0.717) is 23.4 Å². The Morgan fingerprint density at radius 3 is 2.80 bits per heavy atom. The van der Waals surface area contributed by atoms with Crippen LogP contribution < -0.4 is 15.8 Å². The van der Waals surface area contributed by atoms with Gasteiger partial charge in [0.2, 0.25) is 0 Å². The third kappa shape index (κ3) is 4.69.